The highest BCUT2D eigenvalue weighted by Crippen LogP contribution is 2.44. The summed E-state index contributed by atoms with van der Waals surface area (Å²) in [5.41, 5.74) is 3.00. The summed E-state index contributed by atoms with van der Waals surface area (Å²) in [6, 6.07) is 10.5. The molecule has 114 valence electrons. The Labute approximate surface area is 129 Å². The van der Waals surface area contributed by atoms with E-state index < -0.39 is 12.2 Å². The molecular weight excluding hydrogens is 280 g/mol. The molecule has 0 saturated heterocycles. The van der Waals surface area contributed by atoms with Gasteiger partial charge in [0.15, 0.2) is 6.10 Å². The van der Waals surface area contributed by atoms with E-state index in [1.807, 2.05) is 31.2 Å². The molecule has 0 fully saturated rings. The van der Waals surface area contributed by atoms with E-state index >= 15 is 0 Å². The average molecular weight is 298 g/mol. The van der Waals surface area contributed by atoms with Gasteiger partial charge in [0.25, 0.3) is 0 Å². The van der Waals surface area contributed by atoms with E-state index in [-0.39, 0.29) is 5.75 Å². The molecule has 2 N–H and O–H groups in total. The Morgan fingerprint density at radius 2 is 1.86 bits per heavy atom. The second-order valence-corrected chi connectivity index (χ2v) is 5.42. The van der Waals surface area contributed by atoms with Crippen LogP contribution in [0.4, 0.5) is 0 Å². The molecule has 0 radical (unpaired) electrons. The van der Waals surface area contributed by atoms with Crippen LogP contribution in [0.15, 0.2) is 43.0 Å². The fourth-order valence-corrected chi connectivity index (χ4v) is 2.82. The van der Waals surface area contributed by atoms with Gasteiger partial charge in [0.1, 0.15) is 23.4 Å². The van der Waals surface area contributed by atoms with Crippen LogP contribution in [0.3, 0.4) is 0 Å². The van der Waals surface area contributed by atoms with Crippen molar-refractivity contribution in [2.45, 2.75) is 19.1 Å². The van der Waals surface area contributed by atoms with Crippen molar-refractivity contribution < 1.29 is 19.7 Å². The van der Waals surface area contributed by atoms with E-state index in [0.717, 1.165) is 22.4 Å². The van der Waals surface area contributed by atoms with Gasteiger partial charge in [0, 0.05) is 11.6 Å². The molecule has 4 heteroatoms. The Morgan fingerprint density at radius 3 is 2.50 bits per heavy atom. The second kappa shape index (κ2) is 5.39. The SMILES string of the molecule is C=C1c2c(C)cc(O)cc2OC(c2ccc(OC)cc2)C1O. The zero-order valence-electron chi connectivity index (χ0n) is 12.5. The normalized spacial score (nSPS) is 20.2. The molecule has 1 aliphatic heterocycles. The van der Waals surface area contributed by atoms with Crippen molar-refractivity contribution in [2.75, 3.05) is 7.11 Å². The molecule has 1 aliphatic rings. The van der Waals surface area contributed by atoms with Crippen molar-refractivity contribution in [3.63, 3.8) is 0 Å². The molecule has 2 aromatic rings. The second-order valence-electron chi connectivity index (χ2n) is 5.42. The zero-order valence-corrected chi connectivity index (χ0v) is 12.5. The smallest absolute Gasteiger partial charge is 0.154 e. The molecule has 3 rings (SSSR count). The predicted molar refractivity (Wildman–Crippen MR) is 84.2 cm³/mol. The molecule has 4 nitrogen and oxygen atoms in total. The molecule has 1 heterocycles. The standard InChI is InChI=1S/C18H18O4/c1-10-8-13(19)9-15-16(10)11(2)17(20)18(22-15)12-4-6-14(21-3)7-5-12/h4-9,17-20H,2H2,1,3H3. The van der Waals surface area contributed by atoms with E-state index in [0.29, 0.717) is 11.3 Å². The quantitative estimate of drug-likeness (QED) is 0.894. The number of fused-ring (bicyclic) bond motifs is 1. The number of phenolic OH excluding ortho intramolecular Hbond substituents is 1. The number of rotatable bonds is 2. The van der Waals surface area contributed by atoms with Gasteiger partial charge in [-0.2, -0.15) is 0 Å². The topological polar surface area (TPSA) is 58.9 Å². The van der Waals surface area contributed by atoms with Gasteiger partial charge in [0.2, 0.25) is 0 Å². The first-order valence-electron chi connectivity index (χ1n) is 7.02. The summed E-state index contributed by atoms with van der Waals surface area (Å²) in [5.74, 6) is 1.41. The molecule has 2 atom stereocenters. The number of ether oxygens (including phenoxy) is 2. The van der Waals surface area contributed by atoms with Gasteiger partial charge in [-0.15, -0.1) is 0 Å². The minimum absolute atomic E-state index is 0.133. The summed E-state index contributed by atoms with van der Waals surface area (Å²) >= 11 is 0. The number of phenols is 1. The summed E-state index contributed by atoms with van der Waals surface area (Å²) in [7, 11) is 1.60. The number of aromatic hydroxyl groups is 1. The summed E-state index contributed by atoms with van der Waals surface area (Å²) in [6.45, 7) is 5.85. The predicted octanol–water partition coefficient (Wildman–Crippen LogP) is 3.22. The maximum Gasteiger partial charge on any atom is 0.154 e. The van der Waals surface area contributed by atoms with Crippen molar-refractivity contribution in [1.29, 1.82) is 0 Å². The Kier molecular flexibility index (Phi) is 3.54. The molecule has 0 aromatic heterocycles. The van der Waals surface area contributed by atoms with Crippen LogP contribution in [0, 0.1) is 6.92 Å². The number of benzene rings is 2. The molecule has 0 aliphatic carbocycles. The molecular formula is C18H18O4. The first-order chi connectivity index (χ1) is 10.5. The zero-order chi connectivity index (χ0) is 15.9. The third-order valence-corrected chi connectivity index (χ3v) is 3.95. The van der Waals surface area contributed by atoms with Gasteiger partial charge in [-0.1, -0.05) is 18.7 Å². The number of hydrogen-bond acceptors (Lipinski definition) is 4. The van der Waals surface area contributed by atoms with Gasteiger partial charge < -0.3 is 19.7 Å². The number of methoxy groups -OCH3 is 1. The third kappa shape index (κ3) is 2.31. The van der Waals surface area contributed by atoms with Crippen LogP contribution >= 0.6 is 0 Å². The molecule has 0 bridgehead atoms. The molecule has 0 saturated carbocycles. The van der Waals surface area contributed by atoms with Crippen LogP contribution in [-0.2, 0) is 0 Å². The lowest BCUT2D eigenvalue weighted by molar-refractivity contribution is 0.0639. The van der Waals surface area contributed by atoms with Gasteiger partial charge in [-0.3, -0.25) is 0 Å². The third-order valence-electron chi connectivity index (χ3n) is 3.95. The fraction of sp³-hybridized carbons (Fsp3) is 0.222. The Bertz CT molecular complexity index is 719. The highest BCUT2D eigenvalue weighted by Gasteiger charge is 2.34. The summed E-state index contributed by atoms with van der Waals surface area (Å²) in [5, 5.41) is 20.3. The van der Waals surface area contributed by atoms with Crippen LogP contribution in [0.5, 0.6) is 17.2 Å². The van der Waals surface area contributed by atoms with Crippen molar-refractivity contribution in [2.24, 2.45) is 0 Å². The molecule has 0 amide bonds. The van der Waals surface area contributed by atoms with E-state index in [2.05, 4.69) is 6.58 Å². The number of hydrogen-bond donors (Lipinski definition) is 2. The fourth-order valence-electron chi connectivity index (χ4n) is 2.82. The number of aliphatic hydroxyl groups is 1. The van der Waals surface area contributed by atoms with Crippen molar-refractivity contribution in [1.82, 2.24) is 0 Å². The van der Waals surface area contributed by atoms with E-state index in [4.69, 9.17) is 9.47 Å². The Hall–Kier alpha value is -2.46. The Morgan fingerprint density at radius 1 is 1.18 bits per heavy atom. The molecule has 2 unspecified atom stereocenters. The van der Waals surface area contributed by atoms with Crippen LogP contribution in [0.25, 0.3) is 5.57 Å². The van der Waals surface area contributed by atoms with Gasteiger partial charge in [-0.05, 0) is 41.8 Å². The Balaban J connectivity index is 2.02. The van der Waals surface area contributed by atoms with Gasteiger partial charge in [-0.25, -0.2) is 0 Å². The number of aryl methyl sites for hydroxylation is 1. The van der Waals surface area contributed by atoms with Crippen LogP contribution < -0.4 is 9.47 Å². The van der Waals surface area contributed by atoms with Gasteiger partial charge >= 0.3 is 0 Å². The van der Waals surface area contributed by atoms with Gasteiger partial charge in [0.05, 0.1) is 7.11 Å². The first-order valence-corrected chi connectivity index (χ1v) is 7.02. The lowest BCUT2D eigenvalue weighted by atomic mass is 9.88. The largest absolute Gasteiger partial charge is 0.508 e. The highest BCUT2D eigenvalue weighted by molar-refractivity contribution is 5.77. The van der Waals surface area contributed by atoms with Crippen molar-refractivity contribution in [3.05, 3.63) is 59.7 Å². The van der Waals surface area contributed by atoms with E-state index in [1.54, 1.807) is 19.2 Å². The molecule has 22 heavy (non-hydrogen) atoms. The molecule has 0 spiro atoms. The van der Waals surface area contributed by atoms with Crippen LogP contribution in [-0.4, -0.2) is 23.4 Å². The lowest BCUT2D eigenvalue weighted by Crippen LogP contribution is -2.29. The lowest BCUT2D eigenvalue weighted by Gasteiger charge is -2.33. The maximum atomic E-state index is 10.5. The summed E-state index contributed by atoms with van der Waals surface area (Å²) in [4.78, 5) is 0. The average Bonchev–Trinajstić information content (AvgIpc) is 2.50. The maximum absolute atomic E-state index is 10.5. The molecule has 2 aromatic carbocycles. The van der Waals surface area contributed by atoms with Crippen LogP contribution in [0.1, 0.15) is 22.8 Å². The van der Waals surface area contributed by atoms with Crippen molar-refractivity contribution >= 4 is 5.57 Å². The number of aliphatic hydroxyl groups excluding tert-OH is 1. The van der Waals surface area contributed by atoms with E-state index in [1.165, 1.54) is 0 Å². The minimum atomic E-state index is -0.843. The van der Waals surface area contributed by atoms with Crippen molar-refractivity contribution in [3.8, 4) is 17.2 Å². The van der Waals surface area contributed by atoms with Crippen LogP contribution in [0.2, 0.25) is 0 Å². The highest BCUT2D eigenvalue weighted by atomic mass is 16.5. The monoisotopic (exact) mass is 298 g/mol. The summed E-state index contributed by atoms with van der Waals surface area (Å²) < 4.78 is 11.1. The minimum Gasteiger partial charge on any atom is -0.508 e. The van der Waals surface area contributed by atoms with E-state index in [9.17, 15) is 10.2 Å². The first kappa shape index (κ1) is 14.5. The summed E-state index contributed by atoms with van der Waals surface area (Å²) in [6.07, 6.45) is -1.41.